The van der Waals surface area contributed by atoms with Gasteiger partial charge in [-0.1, -0.05) is 18.2 Å². The summed E-state index contributed by atoms with van der Waals surface area (Å²) < 4.78 is 5.86. The van der Waals surface area contributed by atoms with Gasteiger partial charge < -0.3 is 9.64 Å². The molecule has 4 rings (SSSR count). The minimum Gasteiger partial charge on any atom is -0.471 e. The summed E-state index contributed by atoms with van der Waals surface area (Å²) in [5.41, 5.74) is 1.44. The molecule has 0 radical (unpaired) electrons. The topological polar surface area (TPSA) is 55.3 Å². The number of hydrogen-bond acceptors (Lipinski definition) is 5. The van der Waals surface area contributed by atoms with Crippen molar-refractivity contribution in [2.45, 2.75) is 13.0 Å². The molecule has 3 aromatic rings. The number of ether oxygens (including phenoxy) is 1. The van der Waals surface area contributed by atoms with Crippen molar-refractivity contribution >= 4 is 28.1 Å². The highest BCUT2D eigenvalue weighted by atomic mass is 32.1. The van der Waals surface area contributed by atoms with Crippen LogP contribution in [0.3, 0.4) is 0 Å². The molecule has 0 bridgehead atoms. The Morgan fingerprint density at radius 3 is 2.83 bits per heavy atom. The first-order chi connectivity index (χ1) is 11.2. The summed E-state index contributed by atoms with van der Waals surface area (Å²) in [7, 11) is 0. The Kier molecular flexibility index (Phi) is 3.46. The van der Waals surface area contributed by atoms with E-state index in [1.807, 2.05) is 43.3 Å². The van der Waals surface area contributed by atoms with Crippen LogP contribution < -0.4 is 4.74 Å². The van der Waals surface area contributed by atoms with E-state index in [1.165, 1.54) is 11.3 Å². The minimum atomic E-state index is -0.0272. The maximum Gasteiger partial charge on any atom is 0.273 e. The van der Waals surface area contributed by atoms with E-state index in [1.54, 1.807) is 10.3 Å². The molecule has 0 spiro atoms. The van der Waals surface area contributed by atoms with Crippen LogP contribution >= 0.6 is 11.3 Å². The maximum atomic E-state index is 12.2. The van der Waals surface area contributed by atoms with Crippen molar-refractivity contribution < 1.29 is 9.53 Å². The Morgan fingerprint density at radius 2 is 2.04 bits per heavy atom. The van der Waals surface area contributed by atoms with E-state index in [2.05, 4.69) is 9.97 Å². The van der Waals surface area contributed by atoms with Crippen molar-refractivity contribution in [1.29, 1.82) is 0 Å². The number of aryl methyl sites for hydroxylation is 1. The number of fused-ring (bicyclic) bond motifs is 1. The summed E-state index contributed by atoms with van der Waals surface area (Å²) in [6, 6.07) is 11.8. The van der Waals surface area contributed by atoms with Crippen LogP contribution in [-0.4, -0.2) is 40.0 Å². The highest BCUT2D eigenvalue weighted by molar-refractivity contribution is 7.09. The smallest absolute Gasteiger partial charge is 0.273 e. The summed E-state index contributed by atoms with van der Waals surface area (Å²) >= 11 is 1.49. The molecule has 0 N–H and O–H groups in total. The van der Waals surface area contributed by atoms with Crippen molar-refractivity contribution in [1.82, 2.24) is 14.9 Å². The number of likely N-dealkylation sites (tertiary alicyclic amines) is 1. The predicted molar refractivity (Wildman–Crippen MR) is 88.9 cm³/mol. The summed E-state index contributed by atoms with van der Waals surface area (Å²) in [4.78, 5) is 22.7. The van der Waals surface area contributed by atoms with Crippen LogP contribution in [0.25, 0.3) is 10.9 Å². The van der Waals surface area contributed by atoms with Crippen LogP contribution in [-0.2, 0) is 0 Å². The Bertz CT molecular complexity index is 871. The largest absolute Gasteiger partial charge is 0.471 e. The maximum absolute atomic E-state index is 12.2. The van der Waals surface area contributed by atoms with E-state index in [0.717, 1.165) is 15.9 Å². The predicted octanol–water partition coefficient (Wildman–Crippen LogP) is 2.90. The molecule has 1 aliphatic heterocycles. The van der Waals surface area contributed by atoms with Gasteiger partial charge in [0.1, 0.15) is 11.8 Å². The summed E-state index contributed by atoms with van der Waals surface area (Å²) in [6.45, 7) is 3.04. The quantitative estimate of drug-likeness (QED) is 0.743. The van der Waals surface area contributed by atoms with Gasteiger partial charge in [-0.25, -0.2) is 9.97 Å². The zero-order chi connectivity index (χ0) is 15.8. The number of pyridine rings is 1. The van der Waals surface area contributed by atoms with Gasteiger partial charge in [0.2, 0.25) is 5.88 Å². The Balaban J connectivity index is 1.39. The first-order valence-corrected chi connectivity index (χ1v) is 8.31. The van der Waals surface area contributed by atoms with Gasteiger partial charge in [0.05, 0.1) is 23.6 Å². The molecule has 5 nitrogen and oxygen atoms in total. The normalized spacial score (nSPS) is 14.7. The minimum absolute atomic E-state index is 0.00709. The fourth-order valence-electron chi connectivity index (χ4n) is 2.59. The highest BCUT2D eigenvalue weighted by Crippen LogP contribution is 2.21. The Hall–Kier alpha value is -2.47. The first-order valence-electron chi connectivity index (χ1n) is 7.43. The molecule has 1 fully saturated rings. The van der Waals surface area contributed by atoms with E-state index in [-0.39, 0.29) is 12.0 Å². The van der Waals surface area contributed by atoms with Crippen molar-refractivity contribution in [2.24, 2.45) is 0 Å². The van der Waals surface area contributed by atoms with Gasteiger partial charge in [-0.15, -0.1) is 11.3 Å². The number of para-hydroxylation sites is 1. The second kappa shape index (κ2) is 5.62. The Labute approximate surface area is 137 Å². The molecule has 0 unspecified atom stereocenters. The molecule has 1 aromatic carbocycles. The number of benzene rings is 1. The highest BCUT2D eigenvalue weighted by Gasteiger charge is 2.34. The molecule has 2 aromatic heterocycles. The SMILES string of the molecule is Cc1nc(C(=O)N2CC(Oc3ccc4ccccc4n3)C2)cs1. The fraction of sp³-hybridized carbons (Fsp3) is 0.235. The van der Waals surface area contributed by atoms with Crippen LogP contribution in [0.4, 0.5) is 0 Å². The van der Waals surface area contributed by atoms with Crippen molar-refractivity contribution in [3.8, 4) is 5.88 Å². The second-order valence-corrected chi connectivity index (χ2v) is 6.61. The molecule has 3 heterocycles. The van der Waals surface area contributed by atoms with Crippen LogP contribution in [0, 0.1) is 6.92 Å². The number of rotatable bonds is 3. The molecule has 0 atom stereocenters. The Morgan fingerprint density at radius 1 is 1.22 bits per heavy atom. The standard InChI is InChI=1S/C17H15N3O2S/c1-11-18-15(10-23-11)17(21)20-8-13(9-20)22-16-7-6-12-4-2-3-5-14(12)19-16/h2-7,10,13H,8-9H2,1H3. The monoisotopic (exact) mass is 325 g/mol. The van der Waals surface area contributed by atoms with Gasteiger partial charge in [0.15, 0.2) is 0 Å². The third kappa shape index (κ3) is 2.77. The van der Waals surface area contributed by atoms with Crippen molar-refractivity contribution in [3.05, 3.63) is 52.5 Å². The molecule has 116 valence electrons. The van der Waals surface area contributed by atoms with Crippen LogP contribution in [0.5, 0.6) is 5.88 Å². The van der Waals surface area contributed by atoms with Gasteiger partial charge in [0.25, 0.3) is 5.91 Å². The van der Waals surface area contributed by atoms with Gasteiger partial charge in [-0.2, -0.15) is 0 Å². The van der Waals surface area contributed by atoms with Crippen molar-refractivity contribution in [3.63, 3.8) is 0 Å². The van der Waals surface area contributed by atoms with Gasteiger partial charge in [-0.3, -0.25) is 4.79 Å². The molecular weight excluding hydrogens is 310 g/mol. The molecule has 1 saturated heterocycles. The molecule has 0 aliphatic carbocycles. The second-order valence-electron chi connectivity index (χ2n) is 5.54. The number of carbonyl (C=O) groups is 1. The average Bonchev–Trinajstić information content (AvgIpc) is 2.96. The molecule has 0 saturated carbocycles. The molecule has 1 aliphatic rings. The lowest BCUT2D eigenvalue weighted by molar-refractivity contribution is 0.0157. The van der Waals surface area contributed by atoms with Crippen LogP contribution in [0.15, 0.2) is 41.8 Å². The van der Waals surface area contributed by atoms with Gasteiger partial charge in [-0.05, 0) is 19.1 Å². The zero-order valence-corrected chi connectivity index (χ0v) is 13.4. The number of nitrogens with zero attached hydrogens (tertiary/aromatic N) is 3. The van der Waals surface area contributed by atoms with E-state index in [9.17, 15) is 4.79 Å². The first kappa shape index (κ1) is 14.1. The number of hydrogen-bond donors (Lipinski definition) is 0. The zero-order valence-electron chi connectivity index (χ0n) is 12.6. The van der Waals surface area contributed by atoms with Crippen LogP contribution in [0.2, 0.25) is 0 Å². The van der Waals surface area contributed by atoms with Crippen LogP contribution in [0.1, 0.15) is 15.5 Å². The summed E-state index contributed by atoms with van der Waals surface area (Å²) in [5, 5.41) is 3.79. The molecular formula is C17H15N3O2S. The van der Waals surface area contributed by atoms with Gasteiger partial charge >= 0.3 is 0 Å². The average molecular weight is 325 g/mol. The lowest BCUT2D eigenvalue weighted by Crippen LogP contribution is -2.56. The van der Waals surface area contributed by atoms with Crippen molar-refractivity contribution in [2.75, 3.05) is 13.1 Å². The fourth-order valence-corrected chi connectivity index (χ4v) is 3.17. The molecule has 23 heavy (non-hydrogen) atoms. The summed E-state index contributed by atoms with van der Waals surface area (Å²) in [6.07, 6.45) is -0.00709. The lowest BCUT2D eigenvalue weighted by atomic mass is 10.1. The van der Waals surface area contributed by atoms with E-state index >= 15 is 0 Å². The number of thiazole rings is 1. The third-order valence-corrected chi connectivity index (χ3v) is 4.61. The lowest BCUT2D eigenvalue weighted by Gasteiger charge is -2.38. The number of amides is 1. The van der Waals surface area contributed by atoms with E-state index < -0.39 is 0 Å². The van der Waals surface area contributed by atoms with Gasteiger partial charge in [0, 0.05) is 16.8 Å². The third-order valence-electron chi connectivity index (χ3n) is 3.83. The summed E-state index contributed by atoms with van der Waals surface area (Å²) in [5.74, 6) is 0.575. The number of carbonyl (C=O) groups excluding carboxylic acids is 1. The molecule has 6 heteroatoms. The van der Waals surface area contributed by atoms with E-state index in [0.29, 0.717) is 24.7 Å². The van der Waals surface area contributed by atoms with E-state index in [4.69, 9.17) is 4.74 Å². The number of aromatic nitrogens is 2. The molecule has 1 amide bonds.